The molecule has 1 unspecified atom stereocenters. The first-order chi connectivity index (χ1) is 12.2. The van der Waals surface area contributed by atoms with Crippen molar-refractivity contribution < 1.29 is 32.3 Å². The number of fused-ring (bicyclic) bond motifs is 1. The van der Waals surface area contributed by atoms with Gasteiger partial charge in [0.05, 0.1) is 17.9 Å². The Labute approximate surface area is 147 Å². The molecule has 0 bridgehead atoms. The van der Waals surface area contributed by atoms with Crippen molar-refractivity contribution in [2.75, 3.05) is 13.1 Å². The molecule has 26 heavy (non-hydrogen) atoms. The van der Waals surface area contributed by atoms with Gasteiger partial charge in [-0.15, -0.1) is 0 Å². The predicted molar refractivity (Wildman–Crippen MR) is 82.9 cm³/mol. The Morgan fingerprint density at radius 2 is 1.96 bits per heavy atom. The Balaban J connectivity index is 1.74. The summed E-state index contributed by atoms with van der Waals surface area (Å²) in [5, 5.41) is 11.7. The predicted octanol–water partition coefficient (Wildman–Crippen LogP) is 3.11. The van der Waals surface area contributed by atoms with Crippen LogP contribution in [0.1, 0.15) is 30.0 Å². The average Bonchev–Trinajstić information content (AvgIpc) is 3.02. The number of hydrogen-bond donors (Lipinski definition) is 2. The molecule has 1 aliphatic heterocycles. The van der Waals surface area contributed by atoms with Gasteiger partial charge in [0.2, 0.25) is 0 Å². The lowest BCUT2D eigenvalue weighted by Gasteiger charge is -2.28. The van der Waals surface area contributed by atoms with Crippen LogP contribution in [0, 0.1) is 17.7 Å². The van der Waals surface area contributed by atoms with E-state index in [1.165, 1.54) is 12.1 Å². The first-order valence-corrected chi connectivity index (χ1v) is 8.30. The minimum atomic E-state index is -4.70. The monoisotopic (exact) mass is 374 g/mol. The van der Waals surface area contributed by atoms with Gasteiger partial charge in [0.25, 0.3) is 0 Å². The molecule has 2 N–H and O–H groups in total. The van der Waals surface area contributed by atoms with Crippen molar-refractivity contribution in [1.29, 1.82) is 0 Å². The number of likely N-dealkylation sites (tertiary alicyclic amines) is 1. The number of rotatable bonds is 2. The van der Waals surface area contributed by atoms with Crippen molar-refractivity contribution in [3.8, 4) is 0 Å². The van der Waals surface area contributed by atoms with Crippen LogP contribution in [0.15, 0.2) is 18.2 Å². The lowest BCUT2D eigenvalue weighted by molar-refractivity contribution is -0.187. The van der Waals surface area contributed by atoms with Crippen molar-refractivity contribution in [2.45, 2.75) is 31.5 Å². The third kappa shape index (κ3) is 3.47. The second-order valence-corrected chi connectivity index (χ2v) is 6.70. The minimum Gasteiger partial charge on any atom is -0.481 e. The number of carbonyl (C=O) groups is 2. The van der Waals surface area contributed by atoms with Gasteiger partial charge in [0, 0.05) is 13.1 Å². The molecular weight excluding hydrogens is 356 g/mol. The van der Waals surface area contributed by atoms with Crippen LogP contribution in [0.2, 0.25) is 0 Å². The van der Waals surface area contributed by atoms with Gasteiger partial charge in [0.1, 0.15) is 5.82 Å². The molecule has 1 aliphatic carbocycles. The van der Waals surface area contributed by atoms with Gasteiger partial charge in [-0.1, -0.05) is 12.1 Å². The lowest BCUT2D eigenvalue weighted by atomic mass is 9.87. The number of alkyl halides is 3. The molecule has 2 amide bonds. The number of aliphatic carboxylic acids is 1. The highest BCUT2D eigenvalue weighted by Gasteiger charge is 2.53. The summed E-state index contributed by atoms with van der Waals surface area (Å²) >= 11 is 0. The van der Waals surface area contributed by atoms with Crippen molar-refractivity contribution in [2.24, 2.45) is 11.8 Å². The van der Waals surface area contributed by atoms with E-state index >= 15 is 0 Å². The van der Waals surface area contributed by atoms with Crippen LogP contribution < -0.4 is 5.32 Å². The third-order valence-corrected chi connectivity index (χ3v) is 5.09. The number of halogens is 4. The summed E-state index contributed by atoms with van der Waals surface area (Å²) in [5.41, 5.74) is 1.12. The molecule has 1 heterocycles. The number of nitrogens with zero attached hydrogens (tertiary/aromatic N) is 1. The zero-order valence-electron chi connectivity index (χ0n) is 13.7. The number of carbonyl (C=O) groups excluding carboxylic acids is 1. The Hall–Kier alpha value is -2.32. The van der Waals surface area contributed by atoms with Crippen LogP contribution in [-0.4, -0.2) is 41.3 Å². The largest absolute Gasteiger partial charge is 0.481 e. The molecule has 9 heteroatoms. The molecule has 1 fully saturated rings. The molecule has 2 aliphatic rings. The quantitative estimate of drug-likeness (QED) is 0.782. The van der Waals surface area contributed by atoms with Gasteiger partial charge in [-0.05, 0) is 36.5 Å². The number of carboxylic acid groups (broad SMARTS) is 1. The van der Waals surface area contributed by atoms with Gasteiger partial charge >= 0.3 is 18.2 Å². The molecule has 1 saturated heterocycles. The summed E-state index contributed by atoms with van der Waals surface area (Å²) in [5.74, 6) is -5.72. The molecule has 0 radical (unpaired) electrons. The van der Waals surface area contributed by atoms with E-state index in [1.807, 2.05) is 0 Å². The smallest absolute Gasteiger partial charge is 0.394 e. The third-order valence-electron chi connectivity index (χ3n) is 5.09. The summed E-state index contributed by atoms with van der Waals surface area (Å²) < 4.78 is 53.0. The van der Waals surface area contributed by atoms with E-state index in [-0.39, 0.29) is 5.82 Å². The van der Waals surface area contributed by atoms with E-state index in [4.69, 9.17) is 5.11 Å². The lowest BCUT2D eigenvalue weighted by Crippen LogP contribution is -2.42. The topological polar surface area (TPSA) is 69.6 Å². The van der Waals surface area contributed by atoms with Gasteiger partial charge < -0.3 is 15.3 Å². The van der Waals surface area contributed by atoms with Crippen LogP contribution in [0.3, 0.4) is 0 Å². The zero-order valence-corrected chi connectivity index (χ0v) is 13.7. The summed E-state index contributed by atoms with van der Waals surface area (Å²) in [6, 6.07) is 3.27. The molecular formula is C17H18F4N2O3. The molecule has 0 spiro atoms. The van der Waals surface area contributed by atoms with Crippen LogP contribution in [-0.2, 0) is 11.2 Å². The standard InChI is InChI=1S/C17H18F4N2O3/c18-13-5-1-4-10-9(13)3-2-6-14(10)22-16(26)23-7-11(15(24)25)12(8-23)17(19,20)21/h1,4-5,11-12,14H,2-3,6-8H2,(H,22,26)(H,24,25)/t11-,12-,14?/m1/s1. The Bertz CT molecular complexity index is 722. The van der Waals surface area contributed by atoms with Gasteiger partial charge in [-0.25, -0.2) is 9.18 Å². The maximum atomic E-state index is 13.9. The Morgan fingerprint density at radius 1 is 1.23 bits per heavy atom. The van der Waals surface area contributed by atoms with Gasteiger partial charge in [-0.3, -0.25) is 4.79 Å². The molecule has 0 aromatic heterocycles. The molecule has 1 aromatic rings. The number of urea groups is 1. The van der Waals surface area contributed by atoms with Crippen molar-refractivity contribution in [1.82, 2.24) is 10.2 Å². The molecule has 3 rings (SSSR count). The first kappa shape index (κ1) is 18.5. The average molecular weight is 374 g/mol. The van der Waals surface area contributed by atoms with E-state index < -0.39 is 49.1 Å². The fraction of sp³-hybridized carbons (Fsp3) is 0.529. The van der Waals surface area contributed by atoms with Crippen molar-refractivity contribution in [3.63, 3.8) is 0 Å². The second kappa shape index (κ2) is 6.77. The molecule has 1 aromatic carbocycles. The van der Waals surface area contributed by atoms with Gasteiger partial charge in [-0.2, -0.15) is 13.2 Å². The SMILES string of the molecule is O=C(O)[C@@H]1CN(C(=O)NC2CCCc3c(F)cccc32)C[C@H]1C(F)(F)F. The molecule has 5 nitrogen and oxygen atoms in total. The fourth-order valence-corrected chi connectivity index (χ4v) is 3.75. The number of hydrogen-bond acceptors (Lipinski definition) is 2. The zero-order chi connectivity index (χ0) is 19.1. The maximum Gasteiger partial charge on any atom is 0.394 e. The maximum absolute atomic E-state index is 13.9. The molecule has 0 saturated carbocycles. The highest BCUT2D eigenvalue weighted by atomic mass is 19.4. The van der Waals surface area contributed by atoms with E-state index in [1.54, 1.807) is 6.07 Å². The molecule has 3 atom stereocenters. The second-order valence-electron chi connectivity index (χ2n) is 6.70. The number of nitrogens with one attached hydrogen (secondary N) is 1. The van der Waals surface area contributed by atoms with Crippen molar-refractivity contribution in [3.05, 3.63) is 35.1 Å². The Morgan fingerprint density at radius 3 is 2.58 bits per heavy atom. The van der Waals surface area contributed by atoms with Crippen LogP contribution in [0.5, 0.6) is 0 Å². The van der Waals surface area contributed by atoms with Crippen LogP contribution >= 0.6 is 0 Å². The fourth-order valence-electron chi connectivity index (χ4n) is 3.75. The first-order valence-electron chi connectivity index (χ1n) is 8.30. The van der Waals surface area contributed by atoms with E-state index in [0.717, 1.165) is 4.90 Å². The normalized spacial score (nSPS) is 25.7. The number of carboxylic acids is 1. The summed E-state index contributed by atoms with van der Waals surface area (Å²) in [6.07, 6.45) is -2.98. The summed E-state index contributed by atoms with van der Waals surface area (Å²) in [7, 11) is 0. The van der Waals surface area contributed by atoms with Crippen LogP contribution in [0.25, 0.3) is 0 Å². The van der Waals surface area contributed by atoms with Crippen LogP contribution in [0.4, 0.5) is 22.4 Å². The van der Waals surface area contributed by atoms with Gasteiger partial charge in [0.15, 0.2) is 0 Å². The molecule has 142 valence electrons. The minimum absolute atomic E-state index is 0.370. The van der Waals surface area contributed by atoms with E-state index in [9.17, 15) is 27.2 Å². The number of benzene rings is 1. The number of amides is 2. The highest BCUT2D eigenvalue weighted by Crippen LogP contribution is 2.38. The Kier molecular flexibility index (Phi) is 4.81. The van der Waals surface area contributed by atoms with E-state index in [0.29, 0.717) is 30.4 Å². The van der Waals surface area contributed by atoms with E-state index in [2.05, 4.69) is 5.32 Å². The highest BCUT2D eigenvalue weighted by molar-refractivity contribution is 5.78. The summed E-state index contributed by atoms with van der Waals surface area (Å²) in [6.45, 7) is -1.21. The summed E-state index contributed by atoms with van der Waals surface area (Å²) in [4.78, 5) is 24.4. The van der Waals surface area contributed by atoms with Crippen molar-refractivity contribution >= 4 is 12.0 Å².